The second-order valence-corrected chi connectivity index (χ2v) is 7.37. The third-order valence-corrected chi connectivity index (χ3v) is 5.08. The quantitative estimate of drug-likeness (QED) is 0.338. The number of methoxy groups -OCH3 is 2. The molecule has 0 aliphatic rings. The summed E-state index contributed by atoms with van der Waals surface area (Å²) in [6.07, 6.45) is 3.45. The molecule has 7 heteroatoms. The van der Waals surface area contributed by atoms with Crippen LogP contribution in [0.2, 0.25) is 0 Å². The first kappa shape index (κ1) is 22.7. The molecule has 0 fully saturated rings. The van der Waals surface area contributed by atoms with Crippen LogP contribution in [0.5, 0.6) is 17.2 Å². The van der Waals surface area contributed by atoms with Crippen molar-refractivity contribution in [2.24, 2.45) is 0 Å². The highest BCUT2D eigenvalue weighted by Gasteiger charge is 2.14. The minimum atomic E-state index is -0.250. The van der Waals surface area contributed by atoms with Gasteiger partial charge in [0.2, 0.25) is 0 Å². The number of anilines is 3. The summed E-state index contributed by atoms with van der Waals surface area (Å²) in [6, 6.07) is 23.9. The number of benzene rings is 3. The Labute approximate surface area is 198 Å². The molecule has 4 aromatic rings. The van der Waals surface area contributed by atoms with Crippen molar-refractivity contribution < 1.29 is 19.0 Å². The van der Waals surface area contributed by atoms with Crippen LogP contribution in [0, 0.1) is 0 Å². The fourth-order valence-corrected chi connectivity index (χ4v) is 3.33. The number of aromatic nitrogens is 1. The summed E-state index contributed by atoms with van der Waals surface area (Å²) in [5.41, 5.74) is 3.55. The van der Waals surface area contributed by atoms with E-state index in [4.69, 9.17) is 14.2 Å². The maximum atomic E-state index is 13.1. The SMILES string of the molecule is COc1ccc(Nc2ccccc2C(=O)Nc2ccc(OC)c(OCc3cccnc3)c2)cc1. The highest BCUT2D eigenvalue weighted by Crippen LogP contribution is 2.31. The highest BCUT2D eigenvalue weighted by molar-refractivity contribution is 6.08. The minimum absolute atomic E-state index is 0.250. The third-order valence-electron chi connectivity index (χ3n) is 5.08. The summed E-state index contributed by atoms with van der Waals surface area (Å²) in [5.74, 6) is 1.61. The zero-order valence-corrected chi connectivity index (χ0v) is 18.9. The Morgan fingerprint density at radius 3 is 2.38 bits per heavy atom. The molecule has 1 aromatic heterocycles. The first-order chi connectivity index (χ1) is 16.7. The number of para-hydroxylation sites is 1. The van der Waals surface area contributed by atoms with Gasteiger partial charge in [0.1, 0.15) is 12.4 Å². The van der Waals surface area contributed by atoms with Gasteiger partial charge in [0.15, 0.2) is 11.5 Å². The highest BCUT2D eigenvalue weighted by atomic mass is 16.5. The van der Waals surface area contributed by atoms with Crippen LogP contribution in [0.25, 0.3) is 0 Å². The van der Waals surface area contributed by atoms with Crippen LogP contribution in [0.15, 0.2) is 91.3 Å². The normalized spacial score (nSPS) is 10.3. The molecule has 0 saturated carbocycles. The van der Waals surface area contributed by atoms with Crippen LogP contribution in [0.4, 0.5) is 17.1 Å². The first-order valence-electron chi connectivity index (χ1n) is 10.7. The van der Waals surface area contributed by atoms with Crippen molar-refractivity contribution in [2.45, 2.75) is 6.61 Å². The van der Waals surface area contributed by atoms with Crippen molar-refractivity contribution in [3.63, 3.8) is 0 Å². The molecule has 1 heterocycles. The van der Waals surface area contributed by atoms with Gasteiger partial charge in [0, 0.05) is 35.4 Å². The lowest BCUT2D eigenvalue weighted by atomic mass is 10.1. The fraction of sp³-hybridized carbons (Fsp3) is 0.111. The zero-order chi connectivity index (χ0) is 23.8. The molecule has 0 saturated heterocycles. The van der Waals surface area contributed by atoms with Gasteiger partial charge in [-0.1, -0.05) is 18.2 Å². The lowest BCUT2D eigenvalue weighted by Gasteiger charge is -2.15. The zero-order valence-electron chi connectivity index (χ0n) is 18.9. The Morgan fingerprint density at radius 2 is 1.65 bits per heavy atom. The Bertz CT molecular complexity index is 1240. The third kappa shape index (κ3) is 5.63. The monoisotopic (exact) mass is 455 g/mol. The van der Waals surface area contributed by atoms with E-state index in [0.717, 1.165) is 17.0 Å². The van der Waals surface area contributed by atoms with Crippen LogP contribution >= 0.6 is 0 Å². The second-order valence-electron chi connectivity index (χ2n) is 7.37. The molecule has 172 valence electrons. The number of pyridine rings is 1. The number of nitrogens with one attached hydrogen (secondary N) is 2. The van der Waals surface area contributed by atoms with E-state index < -0.39 is 0 Å². The van der Waals surface area contributed by atoms with Crippen molar-refractivity contribution >= 4 is 23.0 Å². The molecule has 0 spiro atoms. The molecule has 0 bridgehead atoms. The Hall–Kier alpha value is -4.52. The molecule has 0 aliphatic heterocycles. The molecule has 0 aliphatic carbocycles. The Morgan fingerprint density at radius 1 is 0.853 bits per heavy atom. The van der Waals surface area contributed by atoms with Gasteiger partial charge < -0.3 is 24.8 Å². The molecule has 0 atom stereocenters. The van der Waals surface area contributed by atoms with Gasteiger partial charge in [-0.05, 0) is 54.6 Å². The molecule has 2 N–H and O–H groups in total. The lowest BCUT2D eigenvalue weighted by molar-refractivity contribution is 0.102. The summed E-state index contributed by atoms with van der Waals surface area (Å²) in [6.45, 7) is 0.330. The molecule has 0 unspecified atom stereocenters. The number of rotatable bonds is 9. The average Bonchev–Trinajstić information content (AvgIpc) is 2.89. The molecular weight excluding hydrogens is 430 g/mol. The number of ether oxygens (including phenoxy) is 3. The number of carbonyl (C=O) groups excluding carboxylic acids is 1. The lowest BCUT2D eigenvalue weighted by Crippen LogP contribution is -2.14. The van der Waals surface area contributed by atoms with Crippen molar-refractivity contribution in [1.82, 2.24) is 4.98 Å². The molecule has 7 nitrogen and oxygen atoms in total. The molecule has 0 radical (unpaired) electrons. The van der Waals surface area contributed by atoms with Crippen LogP contribution in [0.3, 0.4) is 0 Å². The van der Waals surface area contributed by atoms with Crippen LogP contribution in [-0.4, -0.2) is 25.1 Å². The Balaban J connectivity index is 1.50. The molecule has 1 amide bonds. The summed E-state index contributed by atoms with van der Waals surface area (Å²) in [5, 5.41) is 6.24. The number of amides is 1. The summed E-state index contributed by atoms with van der Waals surface area (Å²) >= 11 is 0. The van der Waals surface area contributed by atoms with Crippen molar-refractivity contribution in [1.29, 1.82) is 0 Å². The van der Waals surface area contributed by atoms with E-state index in [2.05, 4.69) is 15.6 Å². The predicted octanol–water partition coefficient (Wildman–Crippen LogP) is 5.67. The van der Waals surface area contributed by atoms with Gasteiger partial charge in [-0.15, -0.1) is 0 Å². The number of nitrogens with zero attached hydrogens (tertiary/aromatic N) is 1. The minimum Gasteiger partial charge on any atom is -0.497 e. The molecule has 4 rings (SSSR count). The number of hydrogen-bond acceptors (Lipinski definition) is 6. The topological polar surface area (TPSA) is 81.7 Å². The van der Waals surface area contributed by atoms with Gasteiger partial charge in [-0.2, -0.15) is 0 Å². The maximum absolute atomic E-state index is 13.1. The Kier molecular flexibility index (Phi) is 7.25. The summed E-state index contributed by atoms with van der Waals surface area (Å²) < 4.78 is 16.5. The standard InChI is InChI=1S/C27H25N3O4/c1-32-22-12-9-20(10-13-22)29-24-8-4-3-7-23(24)27(31)30-21-11-14-25(33-2)26(16-21)34-18-19-6-5-15-28-17-19/h3-17,29H,18H2,1-2H3,(H,30,31). The number of hydrogen-bond donors (Lipinski definition) is 2. The van der Waals surface area contributed by atoms with Crippen molar-refractivity contribution in [3.05, 3.63) is 102 Å². The van der Waals surface area contributed by atoms with Crippen LogP contribution in [0.1, 0.15) is 15.9 Å². The van der Waals surface area contributed by atoms with Crippen molar-refractivity contribution in [2.75, 3.05) is 24.9 Å². The largest absolute Gasteiger partial charge is 0.497 e. The van der Waals surface area contributed by atoms with E-state index in [0.29, 0.717) is 35.0 Å². The number of carbonyl (C=O) groups is 1. The van der Waals surface area contributed by atoms with Gasteiger partial charge >= 0.3 is 0 Å². The van der Waals surface area contributed by atoms with Crippen molar-refractivity contribution in [3.8, 4) is 17.2 Å². The smallest absolute Gasteiger partial charge is 0.257 e. The maximum Gasteiger partial charge on any atom is 0.257 e. The fourth-order valence-electron chi connectivity index (χ4n) is 3.33. The average molecular weight is 456 g/mol. The second kappa shape index (κ2) is 10.9. The van der Waals surface area contributed by atoms with E-state index in [9.17, 15) is 4.79 Å². The van der Waals surface area contributed by atoms with E-state index in [1.807, 2.05) is 54.6 Å². The van der Waals surface area contributed by atoms with Gasteiger partial charge in [-0.3, -0.25) is 9.78 Å². The van der Waals surface area contributed by atoms with E-state index >= 15 is 0 Å². The molecule has 3 aromatic carbocycles. The van der Waals surface area contributed by atoms with Gasteiger partial charge in [0.05, 0.1) is 25.5 Å². The molecular formula is C27H25N3O4. The van der Waals surface area contributed by atoms with Crippen LogP contribution < -0.4 is 24.8 Å². The summed E-state index contributed by atoms with van der Waals surface area (Å²) in [4.78, 5) is 17.2. The molecule has 34 heavy (non-hydrogen) atoms. The van der Waals surface area contributed by atoms with Gasteiger partial charge in [-0.25, -0.2) is 0 Å². The predicted molar refractivity (Wildman–Crippen MR) is 132 cm³/mol. The first-order valence-corrected chi connectivity index (χ1v) is 10.7. The summed E-state index contributed by atoms with van der Waals surface area (Å²) in [7, 11) is 3.20. The van der Waals surface area contributed by atoms with E-state index in [1.54, 1.807) is 50.9 Å². The van der Waals surface area contributed by atoms with E-state index in [1.165, 1.54) is 0 Å². The van der Waals surface area contributed by atoms with Gasteiger partial charge in [0.25, 0.3) is 5.91 Å². The van der Waals surface area contributed by atoms with E-state index in [-0.39, 0.29) is 5.91 Å². The van der Waals surface area contributed by atoms with Crippen LogP contribution in [-0.2, 0) is 6.61 Å².